The van der Waals surface area contributed by atoms with E-state index in [9.17, 15) is 19.1 Å². The summed E-state index contributed by atoms with van der Waals surface area (Å²) in [5.74, 6) is -0.827. The smallest absolute Gasteiger partial charge is 0.225 e. The quantitative estimate of drug-likeness (QED) is 0.872. The molecule has 2 unspecified atom stereocenters. The Labute approximate surface area is 129 Å². The summed E-state index contributed by atoms with van der Waals surface area (Å²) < 4.78 is 12.9. The Kier molecular flexibility index (Phi) is 4.81. The summed E-state index contributed by atoms with van der Waals surface area (Å²) in [6.45, 7) is 4.09. The third-order valence-electron chi connectivity index (χ3n) is 4.08. The van der Waals surface area contributed by atoms with Gasteiger partial charge in [-0.2, -0.15) is 0 Å². The number of carbonyl (C=O) groups is 2. The van der Waals surface area contributed by atoms with E-state index in [1.54, 1.807) is 11.8 Å². The second kappa shape index (κ2) is 6.44. The van der Waals surface area contributed by atoms with Crippen LogP contribution >= 0.6 is 0 Å². The number of halogens is 1. The van der Waals surface area contributed by atoms with Gasteiger partial charge in [0.2, 0.25) is 11.8 Å². The molecule has 5 nitrogen and oxygen atoms in total. The van der Waals surface area contributed by atoms with Gasteiger partial charge in [-0.25, -0.2) is 4.39 Å². The summed E-state index contributed by atoms with van der Waals surface area (Å²) >= 11 is 0. The average Bonchev–Trinajstić information content (AvgIpc) is 2.95. The Balaban J connectivity index is 1.90. The lowest BCUT2D eigenvalue weighted by Gasteiger charge is -2.25. The SMILES string of the molecule is CC(=O)N1CCC(C(=O)NCC(C)(O)c2ccc(F)cc2)C1. The van der Waals surface area contributed by atoms with Crippen LogP contribution in [0.3, 0.4) is 0 Å². The largest absolute Gasteiger partial charge is 0.384 e. The van der Waals surface area contributed by atoms with Crippen LogP contribution in [0.1, 0.15) is 25.8 Å². The van der Waals surface area contributed by atoms with Crippen molar-refractivity contribution >= 4 is 11.8 Å². The van der Waals surface area contributed by atoms with Crippen molar-refractivity contribution in [2.75, 3.05) is 19.6 Å². The Morgan fingerprint density at radius 1 is 1.41 bits per heavy atom. The van der Waals surface area contributed by atoms with Gasteiger partial charge in [0, 0.05) is 20.0 Å². The van der Waals surface area contributed by atoms with E-state index >= 15 is 0 Å². The minimum Gasteiger partial charge on any atom is -0.384 e. The van der Waals surface area contributed by atoms with E-state index in [1.165, 1.54) is 31.2 Å². The molecule has 1 saturated heterocycles. The van der Waals surface area contributed by atoms with Crippen molar-refractivity contribution < 1.29 is 19.1 Å². The molecule has 1 heterocycles. The van der Waals surface area contributed by atoms with Gasteiger partial charge >= 0.3 is 0 Å². The fraction of sp³-hybridized carbons (Fsp3) is 0.500. The van der Waals surface area contributed by atoms with Crippen molar-refractivity contribution in [3.8, 4) is 0 Å². The number of rotatable bonds is 4. The lowest BCUT2D eigenvalue weighted by Crippen LogP contribution is -2.42. The summed E-state index contributed by atoms with van der Waals surface area (Å²) in [6.07, 6.45) is 0.629. The third kappa shape index (κ3) is 3.82. The molecule has 0 bridgehead atoms. The van der Waals surface area contributed by atoms with Crippen LogP contribution in [-0.4, -0.2) is 41.5 Å². The molecule has 6 heteroatoms. The first-order valence-electron chi connectivity index (χ1n) is 7.31. The summed E-state index contributed by atoms with van der Waals surface area (Å²) in [6, 6.07) is 5.53. The second-order valence-corrected chi connectivity index (χ2v) is 5.95. The van der Waals surface area contributed by atoms with Crippen molar-refractivity contribution in [1.29, 1.82) is 0 Å². The fourth-order valence-electron chi connectivity index (χ4n) is 2.57. The maximum absolute atomic E-state index is 12.9. The van der Waals surface area contributed by atoms with Crippen LogP contribution in [0.2, 0.25) is 0 Å². The van der Waals surface area contributed by atoms with Crippen molar-refractivity contribution in [3.05, 3.63) is 35.6 Å². The highest BCUT2D eigenvalue weighted by molar-refractivity contribution is 5.81. The van der Waals surface area contributed by atoms with Crippen LogP contribution in [-0.2, 0) is 15.2 Å². The molecule has 1 aromatic carbocycles. The molecule has 0 radical (unpaired) electrons. The van der Waals surface area contributed by atoms with Gasteiger partial charge in [-0.1, -0.05) is 12.1 Å². The lowest BCUT2D eigenvalue weighted by atomic mass is 9.95. The van der Waals surface area contributed by atoms with Gasteiger partial charge in [0.25, 0.3) is 0 Å². The lowest BCUT2D eigenvalue weighted by molar-refractivity contribution is -0.129. The number of carbonyl (C=O) groups excluding carboxylic acids is 2. The number of likely N-dealkylation sites (tertiary alicyclic amines) is 1. The predicted octanol–water partition coefficient (Wildman–Crippen LogP) is 1.02. The van der Waals surface area contributed by atoms with Crippen molar-refractivity contribution in [1.82, 2.24) is 10.2 Å². The molecule has 22 heavy (non-hydrogen) atoms. The molecular weight excluding hydrogens is 287 g/mol. The Hall–Kier alpha value is -1.95. The van der Waals surface area contributed by atoms with Crippen molar-refractivity contribution in [3.63, 3.8) is 0 Å². The zero-order valence-electron chi connectivity index (χ0n) is 12.8. The molecule has 2 atom stereocenters. The highest BCUT2D eigenvalue weighted by atomic mass is 19.1. The van der Waals surface area contributed by atoms with E-state index in [0.717, 1.165) is 0 Å². The van der Waals surface area contributed by atoms with Crippen LogP contribution < -0.4 is 5.32 Å². The monoisotopic (exact) mass is 308 g/mol. The molecule has 0 spiro atoms. The van der Waals surface area contributed by atoms with E-state index in [1.807, 2.05) is 0 Å². The zero-order chi connectivity index (χ0) is 16.3. The normalized spacial score (nSPS) is 20.5. The number of hydrogen-bond donors (Lipinski definition) is 2. The van der Waals surface area contributed by atoms with E-state index in [4.69, 9.17) is 0 Å². The predicted molar refractivity (Wildman–Crippen MR) is 79.3 cm³/mol. The number of amides is 2. The molecule has 1 aliphatic heterocycles. The van der Waals surface area contributed by atoms with Gasteiger partial charge in [-0.3, -0.25) is 9.59 Å². The van der Waals surface area contributed by atoms with Crippen LogP contribution in [0.15, 0.2) is 24.3 Å². The third-order valence-corrected chi connectivity index (χ3v) is 4.08. The molecule has 120 valence electrons. The summed E-state index contributed by atoms with van der Waals surface area (Å²) in [5.41, 5.74) is -0.742. The molecule has 1 fully saturated rings. The summed E-state index contributed by atoms with van der Waals surface area (Å²) in [5, 5.41) is 13.1. The Morgan fingerprint density at radius 3 is 2.59 bits per heavy atom. The average molecular weight is 308 g/mol. The van der Waals surface area contributed by atoms with Gasteiger partial charge < -0.3 is 15.3 Å². The van der Waals surface area contributed by atoms with E-state index in [-0.39, 0.29) is 30.1 Å². The molecule has 2 rings (SSSR count). The highest BCUT2D eigenvalue weighted by Crippen LogP contribution is 2.21. The number of aliphatic hydroxyl groups is 1. The fourth-order valence-corrected chi connectivity index (χ4v) is 2.57. The first kappa shape index (κ1) is 16.4. The van der Waals surface area contributed by atoms with Crippen LogP contribution in [0.5, 0.6) is 0 Å². The van der Waals surface area contributed by atoms with Gasteiger partial charge in [0.1, 0.15) is 11.4 Å². The molecule has 2 amide bonds. The standard InChI is InChI=1S/C16H21FN2O3/c1-11(20)19-8-7-12(9-19)15(21)18-10-16(2,22)13-3-5-14(17)6-4-13/h3-6,12,22H,7-10H2,1-2H3,(H,18,21). The van der Waals surface area contributed by atoms with Crippen LogP contribution in [0, 0.1) is 11.7 Å². The minimum absolute atomic E-state index is 0.0337. The van der Waals surface area contributed by atoms with Gasteiger partial charge in [0.15, 0.2) is 0 Å². The van der Waals surface area contributed by atoms with E-state index in [0.29, 0.717) is 25.1 Å². The van der Waals surface area contributed by atoms with Crippen LogP contribution in [0.4, 0.5) is 4.39 Å². The Morgan fingerprint density at radius 2 is 2.05 bits per heavy atom. The van der Waals surface area contributed by atoms with Gasteiger partial charge in [-0.05, 0) is 31.0 Å². The number of nitrogens with one attached hydrogen (secondary N) is 1. The van der Waals surface area contributed by atoms with Crippen LogP contribution in [0.25, 0.3) is 0 Å². The van der Waals surface area contributed by atoms with Gasteiger partial charge in [0.05, 0.1) is 12.5 Å². The van der Waals surface area contributed by atoms with E-state index in [2.05, 4.69) is 5.32 Å². The number of nitrogens with zero attached hydrogens (tertiary/aromatic N) is 1. The first-order chi connectivity index (χ1) is 10.3. The number of hydrogen-bond acceptors (Lipinski definition) is 3. The maximum Gasteiger partial charge on any atom is 0.225 e. The maximum atomic E-state index is 12.9. The topological polar surface area (TPSA) is 69.6 Å². The summed E-state index contributed by atoms with van der Waals surface area (Å²) in [4.78, 5) is 25.0. The molecule has 0 aromatic heterocycles. The molecular formula is C16H21FN2O3. The molecule has 0 aliphatic carbocycles. The first-order valence-corrected chi connectivity index (χ1v) is 7.31. The van der Waals surface area contributed by atoms with Gasteiger partial charge in [-0.15, -0.1) is 0 Å². The zero-order valence-corrected chi connectivity index (χ0v) is 12.8. The molecule has 1 aromatic rings. The number of benzene rings is 1. The van der Waals surface area contributed by atoms with E-state index < -0.39 is 5.60 Å². The molecule has 2 N–H and O–H groups in total. The summed E-state index contributed by atoms with van der Waals surface area (Å²) in [7, 11) is 0. The van der Waals surface area contributed by atoms with Crippen molar-refractivity contribution in [2.24, 2.45) is 5.92 Å². The molecule has 0 saturated carbocycles. The van der Waals surface area contributed by atoms with Crippen molar-refractivity contribution in [2.45, 2.75) is 25.9 Å². The minimum atomic E-state index is -1.28. The molecule has 1 aliphatic rings. The second-order valence-electron chi connectivity index (χ2n) is 5.95. The highest BCUT2D eigenvalue weighted by Gasteiger charge is 2.31. The Bertz CT molecular complexity index is 557.